The van der Waals surface area contributed by atoms with Crippen molar-refractivity contribution in [3.63, 3.8) is 0 Å². The number of amides is 2. The van der Waals surface area contributed by atoms with Crippen molar-refractivity contribution in [2.45, 2.75) is 38.5 Å². The summed E-state index contributed by atoms with van der Waals surface area (Å²) in [6, 6.07) is 0. The largest absolute Gasteiger partial charge is 0.406 e. The van der Waals surface area contributed by atoms with Gasteiger partial charge in [0.25, 0.3) is 0 Å². The van der Waals surface area contributed by atoms with Gasteiger partial charge in [-0.15, -0.1) is 0 Å². The van der Waals surface area contributed by atoms with Gasteiger partial charge in [-0.05, 0) is 19.8 Å². The van der Waals surface area contributed by atoms with Crippen molar-refractivity contribution in [3.8, 4) is 0 Å². The van der Waals surface area contributed by atoms with Gasteiger partial charge >= 0.3 is 6.18 Å². The van der Waals surface area contributed by atoms with Crippen LogP contribution in [0.15, 0.2) is 0 Å². The highest BCUT2D eigenvalue weighted by molar-refractivity contribution is 5.89. The van der Waals surface area contributed by atoms with Crippen LogP contribution in [-0.4, -0.2) is 65.2 Å². The molecule has 2 rings (SSSR count). The Hall–Kier alpha value is -1.31. The van der Waals surface area contributed by atoms with Crippen LogP contribution >= 0.6 is 0 Å². The predicted octanol–water partition coefficient (Wildman–Crippen LogP) is 1.02. The molecule has 0 aromatic rings. The molecule has 3 unspecified atom stereocenters. The van der Waals surface area contributed by atoms with E-state index in [0.717, 1.165) is 12.8 Å². The van der Waals surface area contributed by atoms with Gasteiger partial charge in [0, 0.05) is 32.0 Å². The van der Waals surface area contributed by atoms with Crippen molar-refractivity contribution in [1.29, 1.82) is 0 Å². The summed E-state index contributed by atoms with van der Waals surface area (Å²) in [5.74, 6) is -1.62. The van der Waals surface area contributed by atoms with Crippen LogP contribution in [0.3, 0.4) is 0 Å². The number of nitrogens with zero attached hydrogens (tertiary/aromatic N) is 2. The van der Waals surface area contributed by atoms with Gasteiger partial charge in [0.15, 0.2) is 0 Å². The standard InChI is InChI=1S/C14H21F3N2O3/c1-9(20)10-3-2-4-18(6-10)13(22)11-5-12(21)19(7-11)8-14(15,16)17/h9-11,20H,2-8H2,1H3. The summed E-state index contributed by atoms with van der Waals surface area (Å²) in [6.07, 6.45) is -3.55. The molecule has 22 heavy (non-hydrogen) atoms. The number of likely N-dealkylation sites (tertiary alicyclic amines) is 2. The van der Waals surface area contributed by atoms with Gasteiger partial charge in [-0.1, -0.05) is 0 Å². The number of halogens is 3. The maximum absolute atomic E-state index is 12.4. The molecule has 2 fully saturated rings. The first-order chi connectivity index (χ1) is 10.2. The molecule has 0 bridgehead atoms. The fraction of sp³-hybridized carbons (Fsp3) is 0.857. The van der Waals surface area contributed by atoms with Crippen molar-refractivity contribution in [1.82, 2.24) is 9.80 Å². The number of carbonyl (C=O) groups is 2. The lowest BCUT2D eigenvalue weighted by Gasteiger charge is -2.35. The van der Waals surface area contributed by atoms with Crippen molar-refractivity contribution >= 4 is 11.8 Å². The molecule has 0 aromatic heterocycles. The van der Waals surface area contributed by atoms with E-state index in [9.17, 15) is 27.9 Å². The quantitative estimate of drug-likeness (QED) is 0.844. The molecule has 5 nitrogen and oxygen atoms in total. The molecule has 2 heterocycles. The number of piperidine rings is 1. The van der Waals surface area contributed by atoms with Crippen LogP contribution in [-0.2, 0) is 9.59 Å². The minimum absolute atomic E-state index is 0.0129. The van der Waals surface area contributed by atoms with Crippen LogP contribution in [0.25, 0.3) is 0 Å². The van der Waals surface area contributed by atoms with E-state index in [0.29, 0.717) is 18.0 Å². The number of carbonyl (C=O) groups excluding carboxylic acids is 2. The highest BCUT2D eigenvalue weighted by atomic mass is 19.4. The topological polar surface area (TPSA) is 60.9 Å². The summed E-state index contributed by atoms with van der Waals surface area (Å²) in [5, 5.41) is 9.63. The minimum atomic E-state index is -4.45. The van der Waals surface area contributed by atoms with E-state index in [1.54, 1.807) is 11.8 Å². The fourth-order valence-corrected chi connectivity index (χ4v) is 3.17. The third-order valence-electron chi connectivity index (χ3n) is 4.39. The number of hydrogen-bond donors (Lipinski definition) is 1. The zero-order chi connectivity index (χ0) is 16.5. The predicted molar refractivity (Wildman–Crippen MR) is 71.7 cm³/mol. The lowest BCUT2D eigenvalue weighted by atomic mass is 9.92. The van der Waals surface area contributed by atoms with Gasteiger partial charge in [0.1, 0.15) is 6.54 Å². The molecule has 3 atom stereocenters. The molecule has 2 amide bonds. The second-order valence-electron chi connectivity index (χ2n) is 6.22. The average Bonchev–Trinajstić information content (AvgIpc) is 2.77. The average molecular weight is 322 g/mol. The highest BCUT2D eigenvalue weighted by Gasteiger charge is 2.42. The SMILES string of the molecule is CC(O)C1CCCN(C(=O)C2CC(=O)N(CC(F)(F)F)C2)C1. The molecule has 1 N–H and O–H groups in total. The van der Waals surface area contributed by atoms with Crippen molar-refractivity contribution in [2.24, 2.45) is 11.8 Å². The Morgan fingerprint density at radius 3 is 2.68 bits per heavy atom. The molecule has 2 aliphatic rings. The van der Waals surface area contributed by atoms with Crippen LogP contribution in [0.5, 0.6) is 0 Å². The first-order valence-electron chi connectivity index (χ1n) is 7.48. The van der Waals surface area contributed by atoms with Crippen molar-refractivity contribution in [2.75, 3.05) is 26.2 Å². The molecule has 0 saturated carbocycles. The smallest absolute Gasteiger partial charge is 0.393 e. The molecule has 0 spiro atoms. The summed E-state index contributed by atoms with van der Waals surface area (Å²) < 4.78 is 37.2. The summed E-state index contributed by atoms with van der Waals surface area (Å²) in [4.78, 5) is 26.3. The highest BCUT2D eigenvalue weighted by Crippen LogP contribution is 2.27. The fourth-order valence-electron chi connectivity index (χ4n) is 3.17. The van der Waals surface area contributed by atoms with Gasteiger partial charge in [-0.2, -0.15) is 13.2 Å². The van der Waals surface area contributed by atoms with Gasteiger partial charge in [-0.25, -0.2) is 0 Å². The van der Waals surface area contributed by atoms with Gasteiger partial charge in [-0.3, -0.25) is 9.59 Å². The molecule has 2 saturated heterocycles. The monoisotopic (exact) mass is 322 g/mol. The summed E-state index contributed by atoms with van der Waals surface area (Å²) in [5.41, 5.74) is 0. The summed E-state index contributed by atoms with van der Waals surface area (Å²) in [6.45, 7) is 1.13. The third-order valence-corrected chi connectivity index (χ3v) is 4.39. The second-order valence-corrected chi connectivity index (χ2v) is 6.22. The van der Waals surface area contributed by atoms with Gasteiger partial charge < -0.3 is 14.9 Å². The van der Waals surface area contributed by atoms with E-state index in [2.05, 4.69) is 0 Å². The number of aliphatic hydroxyl groups excluding tert-OH is 1. The number of aliphatic hydroxyl groups is 1. The zero-order valence-corrected chi connectivity index (χ0v) is 12.5. The lowest BCUT2D eigenvalue weighted by molar-refractivity contribution is -0.157. The Morgan fingerprint density at radius 1 is 1.41 bits per heavy atom. The molecular weight excluding hydrogens is 301 g/mol. The Morgan fingerprint density at radius 2 is 2.09 bits per heavy atom. The molecule has 0 aromatic carbocycles. The third kappa shape index (κ3) is 4.12. The number of rotatable bonds is 3. The summed E-state index contributed by atoms with van der Waals surface area (Å²) in [7, 11) is 0. The normalized spacial score (nSPS) is 28.1. The second kappa shape index (κ2) is 6.44. The number of hydrogen-bond acceptors (Lipinski definition) is 3. The molecular formula is C14H21F3N2O3. The first-order valence-corrected chi connectivity index (χ1v) is 7.48. The summed E-state index contributed by atoms with van der Waals surface area (Å²) >= 11 is 0. The van der Waals surface area contributed by atoms with E-state index in [1.807, 2.05) is 0 Å². The van der Waals surface area contributed by atoms with Crippen LogP contribution in [0.1, 0.15) is 26.2 Å². The maximum Gasteiger partial charge on any atom is 0.406 e. The Balaban J connectivity index is 1.94. The molecule has 8 heteroatoms. The van der Waals surface area contributed by atoms with Crippen LogP contribution in [0, 0.1) is 11.8 Å². The van der Waals surface area contributed by atoms with Crippen LogP contribution in [0.4, 0.5) is 13.2 Å². The minimum Gasteiger partial charge on any atom is -0.393 e. The van der Waals surface area contributed by atoms with Crippen molar-refractivity contribution in [3.05, 3.63) is 0 Å². The Bertz CT molecular complexity index is 440. The molecule has 0 radical (unpaired) electrons. The van der Waals surface area contributed by atoms with Crippen LogP contribution in [0.2, 0.25) is 0 Å². The van der Waals surface area contributed by atoms with Crippen LogP contribution < -0.4 is 0 Å². The van der Waals surface area contributed by atoms with Gasteiger partial charge in [0.2, 0.25) is 11.8 Å². The zero-order valence-electron chi connectivity index (χ0n) is 12.5. The molecule has 126 valence electrons. The lowest BCUT2D eigenvalue weighted by Crippen LogP contribution is -2.46. The van der Waals surface area contributed by atoms with E-state index in [-0.39, 0.29) is 24.8 Å². The maximum atomic E-state index is 12.4. The van der Waals surface area contributed by atoms with E-state index in [1.165, 1.54) is 0 Å². The van der Waals surface area contributed by atoms with Crippen molar-refractivity contribution < 1.29 is 27.9 Å². The van der Waals surface area contributed by atoms with E-state index in [4.69, 9.17) is 0 Å². The number of alkyl halides is 3. The van der Waals surface area contributed by atoms with Gasteiger partial charge in [0.05, 0.1) is 12.0 Å². The van der Waals surface area contributed by atoms with E-state index >= 15 is 0 Å². The Labute approximate surface area is 127 Å². The first kappa shape index (κ1) is 17.1. The molecule has 2 aliphatic heterocycles. The Kier molecular flexibility index (Phi) is 4.99. The molecule has 0 aliphatic carbocycles. The van der Waals surface area contributed by atoms with E-state index < -0.39 is 30.7 Å².